The Bertz CT molecular complexity index is 864. The number of carbonyl (C=O) groups excluding carboxylic acids is 1. The lowest BCUT2D eigenvalue weighted by Gasteiger charge is -2.35. The van der Waals surface area contributed by atoms with Crippen LogP contribution in [0.15, 0.2) is 33.8 Å². The maximum absolute atomic E-state index is 11.9. The number of aliphatic imine (C=N–C) groups is 1. The van der Waals surface area contributed by atoms with Crippen LogP contribution in [0.4, 0.5) is 4.79 Å². The molecule has 1 aliphatic heterocycles. The molecule has 0 radical (unpaired) electrons. The summed E-state index contributed by atoms with van der Waals surface area (Å²) in [4.78, 5) is 24.6. The summed E-state index contributed by atoms with van der Waals surface area (Å²) in [5.41, 5.74) is 2.00. The molecule has 1 aliphatic rings. The smallest absolute Gasteiger partial charge is 0.409 e. The number of benzene rings is 1. The molecule has 0 aliphatic carbocycles. The summed E-state index contributed by atoms with van der Waals surface area (Å²) in [6, 6.07) is 8.04. The molecule has 9 nitrogen and oxygen atoms in total. The first-order chi connectivity index (χ1) is 14.6. The third-order valence-corrected chi connectivity index (χ3v) is 4.88. The molecule has 0 unspecified atom stereocenters. The lowest BCUT2D eigenvalue weighted by atomic mass is 10.1. The Hall–Kier alpha value is -2.37. The summed E-state index contributed by atoms with van der Waals surface area (Å²) in [7, 11) is 1.77. The van der Waals surface area contributed by atoms with Crippen molar-refractivity contribution in [2.45, 2.75) is 33.2 Å². The standard InChI is InChI=1S/C21H30N6O3.HI/c1-4-7-18-24-19(30-25-18)17-9-6-8-16(14-17)15-23-20(22-3)26-10-12-27(13-11-26)21(28)29-5-2;/h6,8-9,14H,4-5,7,10-13,15H2,1-3H3,(H,22,23);1H. The monoisotopic (exact) mass is 542 g/mol. The molecule has 170 valence electrons. The van der Waals surface area contributed by atoms with E-state index < -0.39 is 0 Å². The second kappa shape index (κ2) is 12.5. The minimum absolute atomic E-state index is 0. The third kappa shape index (κ3) is 6.81. The number of nitrogens with zero attached hydrogens (tertiary/aromatic N) is 5. The van der Waals surface area contributed by atoms with Gasteiger partial charge in [0, 0.05) is 51.8 Å². The fourth-order valence-electron chi connectivity index (χ4n) is 3.34. The first-order valence-corrected chi connectivity index (χ1v) is 10.4. The molecule has 2 heterocycles. The molecule has 1 saturated heterocycles. The van der Waals surface area contributed by atoms with Gasteiger partial charge in [0.15, 0.2) is 11.8 Å². The molecule has 31 heavy (non-hydrogen) atoms. The third-order valence-electron chi connectivity index (χ3n) is 4.88. The van der Waals surface area contributed by atoms with Crippen molar-refractivity contribution in [3.8, 4) is 11.5 Å². The van der Waals surface area contributed by atoms with Gasteiger partial charge < -0.3 is 24.4 Å². The molecule has 0 atom stereocenters. The van der Waals surface area contributed by atoms with Crippen molar-refractivity contribution in [1.82, 2.24) is 25.3 Å². The van der Waals surface area contributed by atoms with E-state index in [1.165, 1.54) is 0 Å². The van der Waals surface area contributed by atoms with Gasteiger partial charge in [-0.1, -0.05) is 24.2 Å². The van der Waals surface area contributed by atoms with Gasteiger partial charge in [0.2, 0.25) is 0 Å². The number of hydrogen-bond acceptors (Lipinski definition) is 6. The summed E-state index contributed by atoms with van der Waals surface area (Å²) >= 11 is 0. The normalized spacial score (nSPS) is 14.2. The van der Waals surface area contributed by atoms with Crippen LogP contribution < -0.4 is 5.32 Å². The Morgan fingerprint density at radius 2 is 1.97 bits per heavy atom. The van der Waals surface area contributed by atoms with Gasteiger partial charge in [-0.25, -0.2) is 4.79 Å². The van der Waals surface area contributed by atoms with Crippen molar-refractivity contribution >= 4 is 36.0 Å². The van der Waals surface area contributed by atoms with Crippen molar-refractivity contribution in [1.29, 1.82) is 0 Å². The Labute approximate surface area is 200 Å². The maximum Gasteiger partial charge on any atom is 0.409 e. The summed E-state index contributed by atoms with van der Waals surface area (Å²) in [6.45, 7) is 7.57. The van der Waals surface area contributed by atoms with Crippen LogP contribution in [0.3, 0.4) is 0 Å². The van der Waals surface area contributed by atoms with Gasteiger partial charge in [0.05, 0.1) is 6.61 Å². The van der Waals surface area contributed by atoms with E-state index in [1.54, 1.807) is 11.9 Å². The summed E-state index contributed by atoms with van der Waals surface area (Å²) in [5.74, 6) is 2.09. The van der Waals surface area contributed by atoms with Crippen LogP contribution >= 0.6 is 24.0 Å². The Morgan fingerprint density at radius 1 is 1.23 bits per heavy atom. The van der Waals surface area contributed by atoms with E-state index in [9.17, 15) is 4.79 Å². The Morgan fingerprint density at radius 3 is 2.65 bits per heavy atom. The highest BCUT2D eigenvalue weighted by Crippen LogP contribution is 2.19. The van der Waals surface area contributed by atoms with E-state index in [0.29, 0.717) is 45.2 Å². The zero-order valence-corrected chi connectivity index (χ0v) is 20.7. The number of carbonyl (C=O) groups is 1. The number of aryl methyl sites for hydroxylation is 1. The van der Waals surface area contributed by atoms with E-state index in [2.05, 4.69) is 32.3 Å². The number of aromatic nitrogens is 2. The Kier molecular flexibility index (Phi) is 10.0. The summed E-state index contributed by atoms with van der Waals surface area (Å²) in [5, 5.41) is 7.43. The highest BCUT2D eigenvalue weighted by atomic mass is 127. The molecule has 0 bridgehead atoms. The summed E-state index contributed by atoms with van der Waals surface area (Å²) < 4.78 is 10.5. The number of piperazine rings is 1. The molecular weight excluding hydrogens is 511 g/mol. The quantitative estimate of drug-likeness (QED) is 0.341. The lowest BCUT2D eigenvalue weighted by Crippen LogP contribution is -2.53. The minimum Gasteiger partial charge on any atom is -0.450 e. The lowest BCUT2D eigenvalue weighted by molar-refractivity contribution is 0.0914. The van der Waals surface area contributed by atoms with Gasteiger partial charge >= 0.3 is 6.09 Å². The van der Waals surface area contributed by atoms with Crippen LogP contribution in [0.2, 0.25) is 0 Å². The number of rotatable bonds is 6. The van der Waals surface area contributed by atoms with Gasteiger partial charge in [0.1, 0.15) is 0 Å². The maximum atomic E-state index is 11.9. The average Bonchev–Trinajstić information content (AvgIpc) is 3.24. The van der Waals surface area contributed by atoms with Crippen molar-refractivity contribution in [3.63, 3.8) is 0 Å². The van der Waals surface area contributed by atoms with E-state index in [4.69, 9.17) is 9.26 Å². The van der Waals surface area contributed by atoms with E-state index in [-0.39, 0.29) is 30.1 Å². The van der Waals surface area contributed by atoms with Crippen LogP contribution in [-0.2, 0) is 17.7 Å². The van der Waals surface area contributed by atoms with Gasteiger partial charge in [-0.15, -0.1) is 24.0 Å². The molecule has 1 amide bonds. The summed E-state index contributed by atoms with van der Waals surface area (Å²) in [6.07, 6.45) is 1.54. The second-order valence-corrected chi connectivity index (χ2v) is 7.04. The number of ether oxygens (including phenoxy) is 1. The van der Waals surface area contributed by atoms with Gasteiger partial charge in [0.25, 0.3) is 5.89 Å². The number of amides is 1. The van der Waals surface area contributed by atoms with Gasteiger partial charge in [-0.2, -0.15) is 4.98 Å². The average molecular weight is 542 g/mol. The topological polar surface area (TPSA) is 96.1 Å². The van der Waals surface area contributed by atoms with Crippen molar-refractivity contribution < 1.29 is 14.1 Å². The molecule has 0 spiro atoms. The largest absolute Gasteiger partial charge is 0.450 e. The Balaban J connectivity index is 0.00000341. The van der Waals surface area contributed by atoms with E-state index >= 15 is 0 Å². The molecule has 1 aromatic carbocycles. The minimum atomic E-state index is -0.250. The molecule has 10 heteroatoms. The number of halogens is 1. The van der Waals surface area contributed by atoms with E-state index in [1.807, 2.05) is 31.2 Å². The predicted molar refractivity (Wildman–Crippen MR) is 130 cm³/mol. The zero-order chi connectivity index (χ0) is 21.3. The van der Waals surface area contributed by atoms with Crippen molar-refractivity contribution in [3.05, 3.63) is 35.7 Å². The van der Waals surface area contributed by atoms with Crippen LogP contribution in [0, 0.1) is 0 Å². The number of nitrogens with one attached hydrogen (secondary N) is 1. The number of guanidine groups is 1. The number of hydrogen-bond donors (Lipinski definition) is 1. The molecular formula is C21H31IN6O3. The molecule has 1 N–H and O–H groups in total. The molecule has 0 saturated carbocycles. The molecule has 1 fully saturated rings. The fourth-order valence-corrected chi connectivity index (χ4v) is 3.34. The SMILES string of the molecule is CCCc1noc(-c2cccc(CNC(=NC)N3CCN(C(=O)OCC)CC3)c2)n1.I. The van der Waals surface area contributed by atoms with Crippen molar-refractivity contribution in [2.24, 2.45) is 4.99 Å². The molecule has 3 rings (SSSR count). The van der Waals surface area contributed by atoms with Gasteiger partial charge in [-0.3, -0.25) is 4.99 Å². The predicted octanol–water partition coefficient (Wildman–Crippen LogP) is 3.16. The zero-order valence-electron chi connectivity index (χ0n) is 18.3. The van der Waals surface area contributed by atoms with Gasteiger partial charge in [-0.05, 0) is 31.0 Å². The second-order valence-electron chi connectivity index (χ2n) is 7.04. The fraction of sp³-hybridized carbons (Fsp3) is 0.524. The highest BCUT2D eigenvalue weighted by molar-refractivity contribution is 14.0. The molecule has 2 aromatic rings. The van der Waals surface area contributed by atoms with Crippen molar-refractivity contribution in [2.75, 3.05) is 39.8 Å². The van der Waals surface area contributed by atoms with Crippen LogP contribution in [0.1, 0.15) is 31.7 Å². The van der Waals surface area contributed by atoms with Crippen LogP contribution in [0.25, 0.3) is 11.5 Å². The van der Waals surface area contributed by atoms with Crippen LogP contribution in [0.5, 0.6) is 0 Å². The van der Waals surface area contributed by atoms with E-state index in [0.717, 1.165) is 35.8 Å². The van der Waals surface area contributed by atoms with Crippen LogP contribution in [-0.4, -0.2) is 71.8 Å². The first-order valence-electron chi connectivity index (χ1n) is 10.4. The highest BCUT2D eigenvalue weighted by Gasteiger charge is 2.23. The first kappa shape index (κ1) is 24.9. The molecule has 1 aromatic heterocycles.